The molecule has 1 aromatic rings. The summed E-state index contributed by atoms with van der Waals surface area (Å²) in [6, 6.07) is 8.13. The van der Waals surface area contributed by atoms with Crippen LogP contribution in [-0.2, 0) is 4.79 Å². The second kappa shape index (κ2) is 4.66. The number of hydrogen-bond donors (Lipinski definition) is 2. The maximum Gasteiger partial charge on any atom is 0.303 e. The SMILES string of the molecule is NC(CCC(=O)O)c1ccc(C2CC2)cc1. The molecule has 1 atom stereocenters. The molecule has 0 bridgehead atoms. The van der Waals surface area contributed by atoms with E-state index in [1.807, 2.05) is 12.1 Å². The van der Waals surface area contributed by atoms with Crippen LogP contribution in [0.3, 0.4) is 0 Å². The Balaban J connectivity index is 1.94. The molecule has 1 aliphatic carbocycles. The maximum atomic E-state index is 10.4. The standard InChI is InChI=1S/C13H17NO2/c14-12(7-8-13(15)16)11-5-3-10(4-6-11)9-1-2-9/h3-6,9,12H,1-2,7-8,14H2,(H,15,16). The van der Waals surface area contributed by atoms with Gasteiger partial charge >= 0.3 is 5.97 Å². The lowest BCUT2D eigenvalue weighted by molar-refractivity contribution is -0.137. The molecule has 1 fully saturated rings. The van der Waals surface area contributed by atoms with Crippen molar-refractivity contribution in [2.24, 2.45) is 5.73 Å². The van der Waals surface area contributed by atoms with Crippen LogP contribution in [0.4, 0.5) is 0 Å². The highest BCUT2D eigenvalue weighted by molar-refractivity contribution is 5.66. The van der Waals surface area contributed by atoms with Crippen molar-refractivity contribution in [2.45, 2.75) is 37.6 Å². The first-order valence-electron chi connectivity index (χ1n) is 5.74. The summed E-state index contributed by atoms with van der Waals surface area (Å²) in [5, 5.41) is 8.58. The molecule has 1 unspecified atom stereocenters. The summed E-state index contributed by atoms with van der Waals surface area (Å²) in [7, 11) is 0. The summed E-state index contributed by atoms with van der Waals surface area (Å²) in [6.45, 7) is 0. The van der Waals surface area contributed by atoms with Crippen LogP contribution in [0.1, 0.15) is 48.8 Å². The average molecular weight is 219 g/mol. The Bertz CT molecular complexity index is 368. The van der Waals surface area contributed by atoms with Gasteiger partial charge in [-0.2, -0.15) is 0 Å². The van der Waals surface area contributed by atoms with E-state index in [4.69, 9.17) is 10.8 Å². The number of aliphatic carboxylic acids is 1. The van der Waals surface area contributed by atoms with Crippen LogP contribution in [0.25, 0.3) is 0 Å². The van der Waals surface area contributed by atoms with Crippen LogP contribution in [0, 0.1) is 0 Å². The van der Waals surface area contributed by atoms with Gasteiger partial charge in [0, 0.05) is 12.5 Å². The fraction of sp³-hybridized carbons (Fsp3) is 0.462. The highest BCUT2D eigenvalue weighted by Gasteiger charge is 2.23. The molecule has 16 heavy (non-hydrogen) atoms. The van der Waals surface area contributed by atoms with Gasteiger partial charge in [0.1, 0.15) is 0 Å². The van der Waals surface area contributed by atoms with Crippen molar-refractivity contribution in [3.05, 3.63) is 35.4 Å². The Kier molecular flexibility index (Phi) is 3.25. The number of hydrogen-bond acceptors (Lipinski definition) is 2. The molecule has 3 heteroatoms. The van der Waals surface area contributed by atoms with E-state index in [0.29, 0.717) is 6.42 Å². The summed E-state index contributed by atoms with van der Waals surface area (Å²) in [4.78, 5) is 10.4. The molecule has 0 aliphatic heterocycles. The molecule has 0 spiro atoms. The van der Waals surface area contributed by atoms with E-state index in [9.17, 15) is 4.79 Å². The Hall–Kier alpha value is -1.35. The summed E-state index contributed by atoms with van der Waals surface area (Å²) in [5.74, 6) is -0.0330. The first kappa shape index (κ1) is 11.1. The quantitative estimate of drug-likeness (QED) is 0.799. The third-order valence-electron chi connectivity index (χ3n) is 3.08. The van der Waals surface area contributed by atoms with Crippen LogP contribution in [-0.4, -0.2) is 11.1 Å². The molecule has 0 saturated heterocycles. The summed E-state index contributed by atoms with van der Waals surface area (Å²) >= 11 is 0. The van der Waals surface area contributed by atoms with E-state index in [1.54, 1.807) is 0 Å². The number of benzene rings is 1. The molecule has 1 saturated carbocycles. The van der Waals surface area contributed by atoms with Gasteiger partial charge in [-0.15, -0.1) is 0 Å². The molecule has 2 rings (SSSR count). The van der Waals surface area contributed by atoms with E-state index >= 15 is 0 Å². The van der Waals surface area contributed by atoms with Gasteiger partial charge in [-0.05, 0) is 36.3 Å². The molecule has 0 heterocycles. The van der Waals surface area contributed by atoms with Crippen LogP contribution < -0.4 is 5.73 Å². The third-order valence-corrected chi connectivity index (χ3v) is 3.08. The van der Waals surface area contributed by atoms with Crippen LogP contribution in [0.5, 0.6) is 0 Å². The predicted molar refractivity (Wildman–Crippen MR) is 62.2 cm³/mol. The minimum Gasteiger partial charge on any atom is -0.481 e. The number of carbonyl (C=O) groups is 1. The largest absolute Gasteiger partial charge is 0.481 e. The highest BCUT2D eigenvalue weighted by Crippen LogP contribution is 2.40. The molecule has 3 nitrogen and oxygen atoms in total. The van der Waals surface area contributed by atoms with Gasteiger partial charge in [0.2, 0.25) is 0 Å². The topological polar surface area (TPSA) is 63.3 Å². The first-order valence-corrected chi connectivity index (χ1v) is 5.74. The Morgan fingerprint density at radius 3 is 2.50 bits per heavy atom. The minimum absolute atomic E-state index is 0.130. The molecule has 0 aromatic heterocycles. The lowest BCUT2D eigenvalue weighted by atomic mass is 10.0. The molecule has 0 radical (unpaired) electrons. The smallest absolute Gasteiger partial charge is 0.303 e. The van der Waals surface area contributed by atoms with Crippen molar-refractivity contribution in [1.29, 1.82) is 0 Å². The van der Waals surface area contributed by atoms with E-state index in [2.05, 4.69) is 12.1 Å². The summed E-state index contributed by atoms with van der Waals surface area (Å²) in [5.41, 5.74) is 8.34. The van der Waals surface area contributed by atoms with E-state index < -0.39 is 5.97 Å². The van der Waals surface area contributed by atoms with Gasteiger partial charge in [-0.3, -0.25) is 4.79 Å². The second-order valence-electron chi connectivity index (χ2n) is 4.48. The molecule has 3 N–H and O–H groups in total. The maximum absolute atomic E-state index is 10.4. The molecule has 0 amide bonds. The van der Waals surface area contributed by atoms with Crippen molar-refractivity contribution in [1.82, 2.24) is 0 Å². The van der Waals surface area contributed by atoms with Crippen molar-refractivity contribution in [3.8, 4) is 0 Å². The fourth-order valence-corrected chi connectivity index (χ4v) is 1.88. The fourth-order valence-electron chi connectivity index (χ4n) is 1.88. The van der Waals surface area contributed by atoms with Crippen LogP contribution >= 0.6 is 0 Å². The summed E-state index contributed by atoms with van der Waals surface area (Å²) < 4.78 is 0. The highest BCUT2D eigenvalue weighted by atomic mass is 16.4. The zero-order valence-corrected chi connectivity index (χ0v) is 9.23. The molecule has 1 aliphatic rings. The normalized spacial score (nSPS) is 17.1. The lowest BCUT2D eigenvalue weighted by Gasteiger charge is -2.11. The predicted octanol–water partition coefficient (Wildman–Crippen LogP) is 2.43. The van der Waals surface area contributed by atoms with Gasteiger partial charge in [0.15, 0.2) is 0 Å². The van der Waals surface area contributed by atoms with Gasteiger partial charge in [0.05, 0.1) is 0 Å². The Morgan fingerprint density at radius 2 is 2.00 bits per heavy atom. The lowest BCUT2D eigenvalue weighted by Crippen LogP contribution is -2.12. The first-order chi connectivity index (χ1) is 7.66. The number of carboxylic acid groups (broad SMARTS) is 1. The van der Waals surface area contributed by atoms with Crippen LogP contribution in [0.15, 0.2) is 24.3 Å². The zero-order valence-electron chi connectivity index (χ0n) is 9.23. The molecule has 1 aromatic carbocycles. The zero-order chi connectivity index (χ0) is 11.5. The van der Waals surface area contributed by atoms with Crippen molar-refractivity contribution < 1.29 is 9.90 Å². The van der Waals surface area contributed by atoms with Crippen molar-refractivity contribution >= 4 is 5.97 Å². The minimum atomic E-state index is -0.787. The third kappa shape index (κ3) is 2.83. The number of carboxylic acids is 1. The summed E-state index contributed by atoms with van der Waals surface area (Å²) in [6.07, 6.45) is 3.22. The van der Waals surface area contributed by atoms with E-state index in [0.717, 1.165) is 11.5 Å². The van der Waals surface area contributed by atoms with E-state index in [-0.39, 0.29) is 12.5 Å². The Morgan fingerprint density at radius 1 is 1.38 bits per heavy atom. The second-order valence-corrected chi connectivity index (χ2v) is 4.48. The van der Waals surface area contributed by atoms with Crippen molar-refractivity contribution in [3.63, 3.8) is 0 Å². The average Bonchev–Trinajstić information content (AvgIpc) is 3.10. The van der Waals surface area contributed by atoms with E-state index in [1.165, 1.54) is 18.4 Å². The monoisotopic (exact) mass is 219 g/mol. The molecular weight excluding hydrogens is 202 g/mol. The Labute approximate surface area is 95.3 Å². The van der Waals surface area contributed by atoms with Crippen molar-refractivity contribution in [2.75, 3.05) is 0 Å². The van der Waals surface area contributed by atoms with Gasteiger partial charge in [0.25, 0.3) is 0 Å². The van der Waals surface area contributed by atoms with Gasteiger partial charge in [-0.25, -0.2) is 0 Å². The molecular formula is C13H17NO2. The molecule has 86 valence electrons. The van der Waals surface area contributed by atoms with Gasteiger partial charge < -0.3 is 10.8 Å². The number of rotatable bonds is 5. The number of nitrogens with two attached hydrogens (primary N) is 1. The van der Waals surface area contributed by atoms with Crippen LogP contribution in [0.2, 0.25) is 0 Å². The van der Waals surface area contributed by atoms with Gasteiger partial charge in [-0.1, -0.05) is 24.3 Å².